The predicted molar refractivity (Wildman–Crippen MR) is 80.6 cm³/mol. The largest absolute Gasteiger partial charge is 0.490 e. The lowest BCUT2D eigenvalue weighted by Crippen LogP contribution is -2.32. The first-order valence-corrected chi connectivity index (χ1v) is 7.68. The first kappa shape index (κ1) is 14.4. The third kappa shape index (κ3) is 3.73. The van der Waals surface area contributed by atoms with Gasteiger partial charge in [0.05, 0.1) is 0 Å². The molecular formula is C17H27NO. The van der Waals surface area contributed by atoms with Crippen LogP contribution >= 0.6 is 0 Å². The predicted octanol–water partition coefficient (Wildman–Crippen LogP) is 4.10. The minimum absolute atomic E-state index is 0.299. The van der Waals surface area contributed by atoms with Gasteiger partial charge in [0.15, 0.2) is 0 Å². The van der Waals surface area contributed by atoms with Gasteiger partial charge in [0.1, 0.15) is 11.9 Å². The molecule has 0 heterocycles. The standard InChI is InChI=1S/C17H27NO/c1-13(2)15-9-6-7-11-17(15)19-16-10-5-3-4-8-14(16)12-18/h6-7,9,11,13-14,16H,3-5,8,10,12,18H2,1-2H3. The first-order chi connectivity index (χ1) is 9.22. The number of ether oxygens (including phenoxy) is 1. The molecule has 2 heteroatoms. The van der Waals surface area contributed by atoms with E-state index in [0.29, 0.717) is 17.9 Å². The quantitative estimate of drug-likeness (QED) is 0.828. The normalized spacial score (nSPS) is 24.2. The SMILES string of the molecule is CC(C)c1ccccc1OC1CCCCCC1CN. The summed E-state index contributed by atoms with van der Waals surface area (Å²) >= 11 is 0. The number of benzene rings is 1. The fraction of sp³-hybridized carbons (Fsp3) is 0.647. The Kier molecular flexibility index (Phi) is 5.26. The average Bonchev–Trinajstić information content (AvgIpc) is 2.64. The van der Waals surface area contributed by atoms with Crippen molar-refractivity contribution >= 4 is 0 Å². The highest BCUT2D eigenvalue weighted by atomic mass is 16.5. The Labute approximate surface area is 117 Å². The molecule has 0 bridgehead atoms. The molecule has 2 atom stereocenters. The highest BCUT2D eigenvalue weighted by molar-refractivity contribution is 5.35. The van der Waals surface area contributed by atoms with Gasteiger partial charge in [-0.3, -0.25) is 0 Å². The van der Waals surface area contributed by atoms with Gasteiger partial charge in [0, 0.05) is 5.92 Å². The van der Waals surface area contributed by atoms with Crippen molar-refractivity contribution in [1.82, 2.24) is 0 Å². The van der Waals surface area contributed by atoms with E-state index in [1.54, 1.807) is 0 Å². The van der Waals surface area contributed by atoms with Crippen LogP contribution in [0.15, 0.2) is 24.3 Å². The van der Waals surface area contributed by atoms with Crippen LogP contribution < -0.4 is 10.5 Å². The molecule has 0 saturated heterocycles. The van der Waals surface area contributed by atoms with E-state index in [1.807, 2.05) is 0 Å². The van der Waals surface area contributed by atoms with Crippen LogP contribution in [0.2, 0.25) is 0 Å². The summed E-state index contributed by atoms with van der Waals surface area (Å²) in [6, 6.07) is 8.44. The van der Waals surface area contributed by atoms with Crippen molar-refractivity contribution in [2.75, 3.05) is 6.54 Å². The summed E-state index contributed by atoms with van der Waals surface area (Å²) < 4.78 is 6.35. The molecule has 1 aromatic carbocycles. The second-order valence-corrected chi connectivity index (χ2v) is 5.98. The summed E-state index contributed by atoms with van der Waals surface area (Å²) in [7, 11) is 0. The molecule has 0 spiro atoms. The molecule has 0 amide bonds. The van der Waals surface area contributed by atoms with Crippen molar-refractivity contribution in [2.24, 2.45) is 11.7 Å². The highest BCUT2D eigenvalue weighted by Crippen LogP contribution is 2.31. The van der Waals surface area contributed by atoms with Gasteiger partial charge in [0.2, 0.25) is 0 Å². The highest BCUT2D eigenvalue weighted by Gasteiger charge is 2.25. The molecule has 1 saturated carbocycles. The number of para-hydroxylation sites is 1. The van der Waals surface area contributed by atoms with Crippen LogP contribution in [-0.2, 0) is 0 Å². The van der Waals surface area contributed by atoms with Gasteiger partial charge < -0.3 is 10.5 Å². The van der Waals surface area contributed by atoms with Crippen LogP contribution in [0.5, 0.6) is 5.75 Å². The molecule has 1 aliphatic rings. The smallest absolute Gasteiger partial charge is 0.123 e. The third-order valence-corrected chi connectivity index (χ3v) is 4.21. The summed E-state index contributed by atoms with van der Waals surface area (Å²) in [6.45, 7) is 5.18. The Hall–Kier alpha value is -1.02. The minimum Gasteiger partial charge on any atom is -0.490 e. The Morgan fingerprint density at radius 2 is 1.89 bits per heavy atom. The molecule has 0 aliphatic heterocycles. The zero-order chi connectivity index (χ0) is 13.7. The van der Waals surface area contributed by atoms with Gasteiger partial charge in [-0.05, 0) is 43.4 Å². The maximum absolute atomic E-state index is 6.35. The number of hydrogen-bond acceptors (Lipinski definition) is 2. The van der Waals surface area contributed by atoms with Crippen molar-refractivity contribution in [3.05, 3.63) is 29.8 Å². The fourth-order valence-corrected chi connectivity index (χ4v) is 3.00. The Morgan fingerprint density at radius 1 is 1.16 bits per heavy atom. The van der Waals surface area contributed by atoms with Gasteiger partial charge in [-0.15, -0.1) is 0 Å². The van der Waals surface area contributed by atoms with Gasteiger partial charge in [-0.2, -0.15) is 0 Å². The molecular weight excluding hydrogens is 234 g/mol. The zero-order valence-corrected chi connectivity index (χ0v) is 12.3. The van der Waals surface area contributed by atoms with E-state index >= 15 is 0 Å². The van der Waals surface area contributed by atoms with Gasteiger partial charge >= 0.3 is 0 Å². The molecule has 106 valence electrons. The fourth-order valence-electron chi connectivity index (χ4n) is 3.00. The van der Waals surface area contributed by atoms with E-state index in [2.05, 4.69) is 38.1 Å². The van der Waals surface area contributed by atoms with Crippen molar-refractivity contribution in [2.45, 2.75) is 58.0 Å². The van der Waals surface area contributed by atoms with E-state index < -0.39 is 0 Å². The molecule has 19 heavy (non-hydrogen) atoms. The molecule has 1 aromatic rings. The van der Waals surface area contributed by atoms with Crippen LogP contribution in [-0.4, -0.2) is 12.6 Å². The van der Waals surface area contributed by atoms with Crippen molar-refractivity contribution < 1.29 is 4.74 Å². The summed E-state index contributed by atoms with van der Waals surface area (Å²) in [6.07, 6.45) is 6.55. The molecule has 1 fully saturated rings. The van der Waals surface area contributed by atoms with E-state index in [0.717, 1.165) is 18.7 Å². The second kappa shape index (κ2) is 6.95. The van der Waals surface area contributed by atoms with Crippen molar-refractivity contribution in [1.29, 1.82) is 0 Å². The summed E-state index contributed by atoms with van der Waals surface area (Å²) in [5.74, 6) is 2.07. The van der Waals surface area contributed by atoms with Gasteiger partial charge in [-0.1, -0.05) is 44.9 Å². The van der Waals surface area contributed by atoms with Gasteiger partial charge in [0.25, 0.3) is 0 Å². The van der Waals surface area contributed by atoms with Crippen LogP contribution in [0.3, 0.4) is 0 Å². The topological polar surface area (TPSA) is 35.2 Å². The summed E-state index contributed by atoms with van der Waals surface area (Å²) in [5.41, 5.74) is 7.24. The lowest BCUT2D eigenvalue weighted by Gasteiger charge is -2.26. The Balaban J connectivity index is 2.14. The van der Waals surface area contributed by atoms with Gasteiger partial charge in [-0.25, -0.2) is 0 Å². The average molecular weight is 261 g/mol. The Morgan fingerprint density at radius 3 is 2.63 bits per heavy atom. The molecule has 2 nitrogen and oxygen atoms in total. The number of rotatable bonds is 4. The summed E-state index contributed by atoms with van der Waals surface area (Å²) in [4.78, 5) is 0. The van der Waals surface area contributed by atoms with Crippen molar-refractivity contribution in [3.63, 3.8) is 0 Å². The minimum atomic E-state index is 0.299. The molecule has 0 aromatic heterocycles. The van der Waals surface area contributed by atoms with E-state index in [9.17, 15) is 0 Å². The van der Waals surface area contributed by atoms with Crippen LogP contribution in [0.1, 0.15) is 57.4 Å². The zero-order valence-electron chi connectivity index (χ0n) is 12.3. The van der Waals surface area contributed by atoms with E-state index in [1.165, 1.54) is 31.2 Å². The molecule has 2 rings (SSSR count). The maximum atomic E-state index is 6.35. The third-order valence-electron chi connectivity index (χ3n) is 4.21. The van der Waals surface area contributed by atoms with E-state index in [-0.39, 0.29) is 0 Å². The summed E-state index contributed by atoms with van der Waals surface area (Å²) in [5, 5.41) is 0. The monoisotopic (exact) mass is 261 g/mol. The molecule has 1 aliphatic carbocycles. The molecule has 2 unspecified atom stereocenters. The van der Waals surface area contributed by atoms with Crippen molar-refractivity contribution in [3.8, 4) is 5.75 Å². The maximum Gasteiger partial charge on any atom is 0.123 e. The first-order valence-electron chi connectivity index (χ1n) is 7.68. The number of hydrogen-bond donors (Lipinski definition) is 1. The second-order valence-electron chi connectivity index (χ2n) is 5.98. The molecule has 0 radical (unpaired) electrons. The van der Waals surface area contributed by atoms with Crippen LogP contribution in [0.4, 0.5) is 0 Å². The van der Waals surface area contributed by atoms with Crippen LogP contribution in [0, 0.1) is 5.92 Å². The Bertz CT molecular complexity index is 389. The van der Waals surface area contributed by atoms with Crippen LogP contribution in [0.25, 0.3) is 0 Å². The molecule has 2 N–H and O–H groups in total. The number of nitrogens with two attached hydrogens (primary N) is 1. The lowest BCUT2D eigenvalue weighted by atomic mass is 9.96. The lowest BCUT2D eigenvalue weighted by molar-refractivity contribution is 0.128. The van der Waals surface area contributed by atoms with E-state index in [4.69, 9.17) is 10.5 Å².